The van der Waals surface area contributed by atoms with Gasteiger partial charge in [0, 0.05) is 17.0 Å². The van der Waals surface area contributed by atoms with Crippen molar-refractivity contribution >= 4 is 11.6 Å². The minimum Gasteiger partial charge on any atom is -0.306 e. The number of hydrogen-bond donors (Lipinski definition) is 0. The van der Waals surface area contributed by atoms with Gasteiger partial charge in [-0.1, -0.05) is 48.0 Å². The van der Waals surface area contributed by atoms with Crippen molar-refractivity contribution in [2.45, 2.75) is 24.8 Å². The van der Waals surface area contributed by atoms with Gasteiger partial charge in [-0.05, 0) is 55.8 Å². The second-order valence-electron chi connectivity index (χ2n) is 5.86. The fourth-order valence-corrected chi connectivity index (χ4v) is 3.43. The molecule has 1 aliphatic carbocycles. The smallest absolute Gasteiger partial charge is 0.0408 e. The third-order valence-corrected chi connectivity index (χ3v) is 4.61. The molecule has 20 heavy (non-hydrogen) atoms. The number of benzene rings is 2. The van der Waals surface area contributed by atoms with Gasteiger partial charge in [0.1, 0.15) is 0 Å². The average molecular weight is 286 g/mol. The van der Waals surface area contributed by atoms with Crippen molar-refractivity contribution in [3.8, 4) is 0 Å². The van der Waals surface area contributed by atoms with E-state index in [2.05, 4.69) is 61.5 Å². The van der Waals surface area contributed by atoms with Crippen LogP contribution in [0.15, 0.2) is 48.5 Å². The average Bonchev–Trinajstić information content (AvgIpc) is 2.46. The van der Waals surface area contributed by atoms with Gasteiger partial charge in [0.2, 0.25) is 0 Å². The lowest BCUT2D eigenvalue weighted by Crippen LogP contribution is -2.35. The van der Waals surface area contributed by atoms with Crippen LogP contribution < -0.4 is 0 Å². The van der Waals surface area contributed by atoms with Crippen molar-refractivity contribution in [2.24, 2.45) is 0 Å². The summed E-state index contributed by atoms with van der Waals surface area (Å²) in [5, 5.41) is 0.826. The molecular formula is C18H20ClN. The lowest BCUT2D eigenvalue weighted by atomic mass is 9.76. The van der Waals surface area contributed by atoms with Gasteiger partial charge in [-0.2, -0.15) is 0 Å². The van der Waals surface area contributed by atoms with Crippen molar-refractivity contribution < 1.29 is 0 Å². The molecule has 3 rings (SSSR count). The zero-order valence-electron chi connectivity index (χ0n) is 12.0. The van der Waals surface area contributed by atoms with Crippen LogP contribution in [0.4, 0.5) is 0 Å². The molecule has 2 aromatic rings. The molecule has 0 spiro atoms. The Hall–Kier alpha value is -1.31. The lowest BCUT2D eigenvalue weighted by molar-refractivity contribution is 0.258. The molecule has 0 amide bonds. The van der Waals surface area contributed by atoms with E-state index in [1.54, 1.807) is 0 Å². The van der Waals surface area contributed by atoms with Gasteiger partial charge in [-0.25, -0.2) is 0 Å². The molecule has 0 radical (unpaired) electrons. The summed E-state index contributed by atoms with van der Waals surface area (Å²) in [5.74, 6) is 0.450. The first-order valence-corrected chi connectivity index (χ1v) is 7.52. The monoisotopic (exact) mass is 285 g/mol. The largest absolute Gasteiger partial charge is 0.306 e. The van der Waals surface area contributed by atoms with Crippen molar-refractivity contribution in [2.75, 3.05) is 14.1 Å². The van der Waals surface area contributed by atoms with E-state index in [4.69, 9.17) is 11.6 Å². The Balaban J connectivity index is 2.05. The number of hydrogen-bond acceptors (Lipinski definition) is 1. The molecule has 0 fully saturated rings. The van der Waals surface area contributed by atoms with Crippen LogP contribution in [0.5, 0.6) is 0 Å². The van der Waals surface area contributed by atoms with E-state index in [0.29, 0.717) is 12.0 Å². The van der Waals surface area contributed by atoms with E-state index >= 15 is 0 Å². The van der Waals surface area contributed by atoms with Crippen LogP contribution in [0.3, 0.4) is 0 Å². The highest BCUT2D eigenvalue weighted by Gasteiger charge is 2.28. The molecule has 0 saturated carbocycles. The zero-order valence-corrected chi connectivity index (χ0v) is 12.8. The Morgan fingerprint density at radius 3 is 2.60 bits per heavy atom. The standard InChI is InChI=1S/C18H20ClN/c1-20(2)16-11-14-6-3-4-9-17(14)18(12-16)13-7-5-8-15(19)10-13/h3-10,16,18H,11-12H2,1-2H3. The molecule has 2 aromatic carbocycles. The molecule has 104 valence electrons. The fourth-order valence-electron chi connectivity index (χ4n) is 3.23. The first kappa shape index (κ1) is 13.7. The van der Waals surface area contributed by atoms with E-state index < -0.39 is 0 Å². The Kier molecular flexibility index (Phi) is 3.82. The van der Waals surface area contributed by atoms with Gasteiger partial charge in [-0.3, -0.25) is 0 Å². The molecule has 0 bridgehead atoms. The summed E-state index contributed by atoms with van der Waals surface area (Å²) in [6, 6.07) is 17.7. The van der Waals surface area contributed by atoms with Gasteiger partial charge in [-0.15, -0.1) is 0 Å². The van der Waals surface area contributed by atoms with Crippen LogP contribution in [0.25, 0.3) is 0 Å². The van der Waals surface area contributed by atoms with Gasteiger partial charge < -0.3 is 4.90 Å². The topological polar surface area (TPSA) is 3.24 Å². The third kappa shape index (κ3) is 2.61. The van der Waals surface area contributed by atoms with Gasteiger partial charge in [0.05, 0.1) is 0 Å². The number of nitrogens with zero attached hydrogens (tertiary/aromatic N) is 1. The first-order valence-electron chi connectivity index (χ1n) is 7.15. The first-order chi connectivity index (χ1) is 9.65. The van der Waals surface area contributed by atoms with Crippen LogP contribution in [-0.2, 0) is 6.42 Å². The number of likely N-dealkylation sites (N-methyl/N-ethyl adjacent to an activating group) is 1. The van der Waals surface area contributed by atoms with Crippen molar-refractivity contribution in [3.63, 3.8) is 0 Å². The minimum absolute atomic E-state index is 0.450. The summed E-state index contributed by atoms with van der Waals surface area (Å²) in [6.45, 7) is 0. The molecule has 0 saturated heterocycles. The summed E-state index contributed by atoms with van der Waals surface area (Å²) in [7, 11) is 4.35. The normalized spacial score (nSPS) is 21.8. The van der Waals surface area contributed by atoms with E-state index in [-0.39, 0.29) is 0 Å². The molecule has 0 aliphatic heterocycles. The van der Waals surface area contributed by atoms with Crippen LogP contribution in [0, 0.1) is 0 Å². The molecular weight excluding hydrogens is 266 g/mol. The number of halogens is 1. The van der Waals surface area contributed by atoms with Crippen molar-refractivity contribution in [1.29, 1.82) is 0 Å². The van der Waals surface area contributed by atoms with E-state index in [9.17, 15) is 0 Å². The number of fused-ring (bicyclic) bond motifs is 1. The summed E-state index contributed by atoms with van der Waals surface area (Å²) in [6.07, 6.45) is 2.30. The van der Waals surface area contributed by atoms with E-state index in [1.165, 1.54) is 16.7 Å². The molecule has 1 aliphatic rings. The van der Waals surface area contributed by atoms with Crippen LogP contribution in [-0.4, -0.2) is 25.0 Å². The molecule has 1 nitrogen and oxygen atoms in total. The summed E-state index contributed by atoms with van der Waals surface area (Å²) < 4.78 is 0. The maximum Gasteiger partial charge on any atom is 0.0408 e. The molecule has 2 atom stereocenters. The van der Waals surface area contributed by atoms with Crippen LogP contribution >= 0.6 is 11.6 Å². The SMILES string of the molecule is CN(C)C1Cc2ccccc2C(c2cccc(Cl)c2)C1. The van der Waals surface area contributed by atoms with Gasteiger partial charge >= 0.3 is 0 Å². The third-order valence-electron chi connectivity index (χ3n) is 4.38. The fraction of sp³-hybridized carbons (Fsp3) is 0.333. The summed E-state index contributed by atoms with van der Waals surface area (Å²) >= 11 is 6.18. The zero-order chi connectivity index (χ0) is 14.1. The maximum absolute atomic E-state index is 6.18. The van der Waals surface area contributed by atoms with Crippen LogP contribution in [0.1, 0.15) is 29.0 Å². The summed E-state index contributed by atoms with van der Waals surface area (Å²) in [5.41, 5.74) is 4.27. The highest BCUT2D eigenvalue weighted by atomic mass is 35.5. The highest BCUT2D eigenvalue weighted by Crippen LogP contribution is 2.38. The van der Waals surface area contributed by atoms with Crippen molar-refractivity contribution in [3.05, 3.63) is 70.2 Å². The van der Waals surface area contributed by atoms with Gasteiger partial charge in [0.15, 0.2) is 0 Å². The molecule has 0 N–H and O–H groups in total. The quantitative estimate of drug-likeness (QED) is 0.793. The van der Waals surface area contributed by atoms with E-state index in [1.807, 2.05) is 6.07 Å². The van der Waals surface area contributed by atoms with Crippen molar-refractivity contribution in [1.82, 2.24) is 4.90 Å². The Morgan fingerprint density at radius 2 is 1.85 bits per heavy atom. The molecule has 0 aromatic heterocycles. The molecule has 2 unspecified atom stereocenters. The Morgan fingerprint density at radius 1 is 1.05 bits per heavy atom. The maximum atomic E-state index is 6.18. The predicted molar refractivity (Wildman–Crippen MR) is 85.5 cm³/mol. The lowest BCUT2D eigenvalue weighted by Gasteiger charge is -2.35. The summed E-state index contributed by atoms with van der Waals surface area (Å²) in [4.78, 5) is 2.34. The highest BCUT2D eigenvalue weighted by molar-refractivity contribution is 6.30. The molecule has 0 heterocycles. The Bertz CT molecular complexity index is 606. The second-order valence-corrected chi connectivity index (χ2v) is 6.30. The second kappa shape index (κ2) is 5.59. The Labute approximate surface area is 126 Å². The van der Waals surface area contributed by atoms with E-state index in [0.717, 1.165) is 17.9 Å². The van der Waals surface area contributed by atoms with Gasteiger partial charge in [0.25, 0.3) is 0 Å². The minimum atomic E-state index is 0.450. The molecule has 2 heteroatoms. The predicted octanol–water partition coefficient (Wildman–Crippen LogP) is 4.35. The number of rotatable bonds is 2. The van der Waals surface area contributed by atoms with Crippen LogP contribution in [0.2, 0.25) is 5.02 Å².